The molecule has 17 nitrogen and oxygen atoms in total. The van der Waals surface area contributed by atoms with E-state index in [-0.39, 0.29) is 68.4 Å². The number of amides is 4. The number of unbranched alkanes of at least 4 members (excludes halogenated alkanes) is 4. The van der Waals surface area contributed by atoms with Gasteiger partial charge in [0.15, 0.2) is 0 Å². The molecule has 1 aromatic rings. The third-order valence-corrected chi connectivity index (χ3v) is 6.77. The molecule has 47 heavy (non-hydrogen) atoms. The van der Waals surface area contributed by atoms with Crippen LogP contribution in [0.5, 0.6) is 0 Å². The number of aliphatic carboxylic acids is 4. The summed E-state index contributed by atoms with van der Waals surface area (Å²) in [7, 11) is 0. The molecule has 10 N–H and O–H groups in total. The molecule has 0 heterocycles. The Morgan fingerprint density at radius 3 is 1.28 bits per heavy atom. The summed E-state index contributed by atoms with van der Waals surface area (Å²) in [5.74, 6) is -6.90. The minimum absolute atomic E-state index is 0.0389. The Balaban J connectivity index is 2.37. The molecule has 0 unspecified atom stereocenters. The van der Waals surface area contributed by atoms with Gasteiger partial charge in [-0.15, -0.1) is 0 Å². The first-order valence-corrected chi connectivity index (χ1v) is 15.1. The second-order valence-electron chi connectivity index (χ2n) is 10.8. The van der Waals surface area contributed by atoms with Crippen molar-refractivity contribution in [1.29, 1.82) is 0 Å². The van der Waals surface area contributed by atoms with Crippen LogP contribution >= 0.6 is 0 Å². The van der Waals surface area contributed by atoms with Gasteiger partial charge in [0.2, 0.25) is 11.8 Å². The highest BCUT2D eigenvalue weighted by Gasteiger charge is 2.22. The van der Waals surface area contributed by atoms with Crippen LogP contribution in [0.15, 0.2) is 18.2 Å². The number of nitrogens with two attached hydrogens (primary N) is 1. The fourth-order valence-corrected chi connectivity index (χ4v) is 4.28. The lowest BCUT2D eigenvalue weighted by Crippen LogP contribution is -2.41. The summed E-state index contributed by atoms with van der Waals surface area (Å²) in [6, 6.07) is 1.66. The van der Waals surface area contributed by atoms with Gasteiger partial charge in [0.05, 0.1) is 0 Å². The van der Waals surface area contributed by atoms with Crippen molar-refractivity contribution in [3.8, 4) is 0 Å². The lowest BCUT2D eigenvalue weighted by molar-refractivity contribution is -0.144. The molecule has 4 amide bonds. The van der Waals surface area contributed by atoms with Crippen molar-refractivity contribution in [2.45, 2.75) is 89.1 Å². The number of hydrogen-bond acceptors (Lipinski definition) is 9. The highest BCUT2D eigenvalue weighted by atomic mass is 16.4. The molecule has 260 valence electrons. The number of benzene rings is 1. The molecule has 0 aliphatic carbocycles. The number of carbonyl (C=O) groups is 8. The first-order chi connectivity index (χ1) is 22.2. The number of anilines is 1. The maximum absolute atomic E-state index is 12.6. The largest absolute Gasteiger partial charge is 0.481 e. The van der Waals surface area contributed by atoms with Crippen LogP contribution in [0.2, 0.25) is 0 Å². The third-order valence-electron chi connectivity index (χ3n) is 6.77. The highest BCUT2D eigenvalue weighted by molar-refractivity contribution is 6.01. The number of carbonyl (C=O) groups excluding carboxylic acids is 4. The molecule has 1 rings (SSSR count). The van der Waals surface area contributed by atoms with Crippen LogP contribution < -0.4 is 27.0 Å². The quantitative estimate of drug-likeness (QED) is 0.0544. The Kier molecular flexibility index (Phi) is 18.2. The van der Waals surface area contributed by atoms with Gasteiger partial charge in [-0.1, -0.05) is 12.8 Å². The second kappa shape index (κ2) is 21.5. The fraction of sp³-hybridized carbons (Fsp3) is 0.533. The molecule has 0 spiro atoms. The van der Waals surface area contributed by atoms with Crippen LogP contribution in [0.25, 0.3) is 0 Å². The predicted molar refractivity (Wildman–Crippen MR) is 165 cm³/mol. The molecule has 17 heteroatoms. The lowest BCUT2D eigenvalue weighted by Gasteiger charge is -2.13. The first kappa shape index (κ1) is 39.8. The summed E-state index contributed by atoms with van der Waals surface area (Å²) in [5.41, 5.74) is 6.43. The van der Waals surface area contributed by atoms with Crippen LogP contribution in [0.1, 0.15) is 97.8 Å². The standard InChI is InChI=1S/C30H43N5O12/c31-20-16-18(27(42)32-13-5-1-3-7-23(36)34-21(29(44)45)9-11-25(38)39)15-19(17-20)28(43)33-14-6-2-4-8-24(37)35-22(30(46)47)10-12-26(40)41/h15-17,21-22H,1-14,31H2,(H,32,42)(H,33,43)(H,34,36)(H,35,37)(H,38,39)(H,40,41)(H,44,45)(H,46,47)/t21-,22-/m0/s1. The zero-order valence-electron chi connectivity index (χ0n) is 25.9. The molecule has 0 bridgehead atoms. The molecule has 0 saturated carbocycles. The molecule has 2 atom stereocenters. The van der Waals surface area contributed by atoms with E-state index in [0.29, 0.717) is 38.5 Å². The molecule has 0 aliphatic heterocycles. The molecule has 0 radical (unpaired) electrons. The number of nitrogen functional groups attached to an aromatic ring is 1. The minimum Gasteiger partial charge on any atom is -0.481 e. The predicted octanol–water partition coefficient (Wildman–Crippen LogP) is 0.718. The van der Waals surface area contributed by atoms with Crippen LogP contribution in [0.3, 0.4) is 0 Å². The van der Waals surface area contributed by atoms with E-state index in [1.807, 2.05) is 0 Å². The van der Waals surface area contributed by atoms with E-state index < -0.39 is 59.6 Å². The summed E-state index contributed by atoms with van der Waals surface area (Å²) in [6.07, 6.45) is 1.82. The summed E-state index contributed by atoms with van der Waals surface area (Å²) in [4.78, 5) is 92.8. The normalized spacial score (nSPS) is 11.8. The third kappa shape index (κ3) is 17.8. The van der Waals surface area contributed by atoms with Gasteiger partial charge in [-0.25, -0.2) is 9.59 Å². The van der Waals surface area contributed by atoms with Gasteiger partial charge in [-0.2, -0.15) is 0 Å². The molecule has 0 aromatic heterocycles. The molecule has 0 saturated heterocycles. The molecular formula is C30H43N5O12. The molecule has 0 fully saturated rings. The van der Waals surface area contributed by atoms with Crippen molar-refractivity contribution >= 4 is 53.2 Å². The Bertz CT molecular complexity index is 1190. The zero-order valence-corrected chi connectivity index (χ0v) is 25.9. The van der Waals surface area contributed by atoms with Crippen molar-refractivity contribution < 1.29 is 58.8 Å². The highest BCUT2D eigenvalue weighted by Crippen LogP contribution is 2.13. The smallest absolute Gasteiger partial charge is 0.326 e. The van der Waals surface area contributed by atoms with Gasteiger partial charge in [0.25, 0.3) is 11.8 Å². The summed E-state index contributed by atoms with van der Waals surface area (Å²) in [6.45, 7) is 0.537. The van der Waals surface area contributed by atoms with Crippen molar-refractivity contribution in [2.75, 3.05) is 18.8 Å². The van der Waals surface area contributed by atoms with Gasteiger partial charge in [-0.3, -0.25) is 28.8 Å². The van der Waals surface area contributed by atoms with Crippen molar-refractivity contribution in [1.82, 2.24) is 21.3 Å². The number of carboxylic acid groups (broad SMARTS) is 4. The number of rotatable bonds is 24. The van der Waals surface area contributed by atoms with Gasteiger partial charge in [-0.05, 0) is 56.7 Å². The first-order valence-electron chi connectivity index (χ1n) is 15.1. The van der Waals surface area contributed by atoms with E-state index >= 15 is 0 Å². The van der Waals surface area contributed by atoms with Crippen LogP contribution in [0, 0.1) is 0 Å². The Labute approximate surface area is 270 Å². The van der Waals surface area contributed by atoms with Crippen molar-refractivity contribution in [2.24, 2.45) is 0 Å². The summed E-state index contributed by atoms with van der Waals surface area (Å²) < 4.78 is 0. The molecule has 0 aliphatic rings. The fourth-order valence-electron chi connectivity index (χ4n) is 4.28. The Hall–Kier alpha value is -5.22. The minimum atomic E-state index is -1.31. The van der Waals surface area contributed by atoms with Gasteiger partial charge < -0.3 is 47.4 Å². The summed E-state index contributed by atoms with van der Waals surface area (Å²) in [5, 5.41) is 45.6. The SMILES string of the molecule is Nc1cc(C(=O)NCCCCCC(=O)N[C@@H](CCC(=O)O)C(=O)O)cc(C(=O)NCCCCCC(=O)N[C@@H](CCC(=O)O)C(=O)O)c1. The monoisotopic (exact) mass is 665 g/mol. The van der Waals surface area contributed by atoms with Crippen LogP contribution in [0.4, 0.5) is 5.69 Å². The zero-order chi connectivity index (χ0) is 35.4. The van der Waals surface area contributed by atoms with E-state index in [1.165, 1.54) is 18.2 Å². The van der Waals surface area contributed by atoms with Gasteiger partial charge >= 0.3 is 23.9 Å². The van der Waals surface area contributed by atoms with Crippen molar-refractivity contribution in [3.63, 3.8) is 0 Å². The van der Waals surface area contributed by atoms with Gasteiger partial charge in [0.1, 0.15) is 12.1 Å². The Morgan fingerprint density at radius 2 is 0.936 bits per heavy atom. The topological polar surface area (TPSA) is 292 Å². The van der Waals surface area contributed by atoms with Gasteiger partial charge in [0, 0.05) is 55.6 Å². The van der Waals surface area contributed by atoms with E-state index in [0.717, 1.165) is 0 Å². The second-order valence-corrected chi connectivity index (χ2v) is 10.8. The number of carboxylic acids is 4. The summed E-state index contributed by atoms with van der Waals surface area (Å²) >= 11 is 0. The van der Waals surface area contributed by atoms with Crippen molar-refractivity contribution in [3.05, 3.63) is 29.3 Å². The maximum atomic E-state index is 12.6. The number of hydrogen-bond donors (Lipinski definition) is 9. The maximum Gasteiger partial charge on any atom is 0.326 e. The molecule has 1 aromatic carbocycles. The van der Waals surface area contributed by atoms with Crippen LogP contribution in [-0.2, 0) is 28.8 Å². The average molecular weight is 666 g/mol. The van der Waals surface area contributed by atoms with E-state index in [1.54, 1.807) is 0 Å². The average Bonchev–Trinajstić information content (AvgIpc) is 2.99. The van der Waals surface area contributed by atoms with E-state index in [9.17, 15) is 38.4 Å². The lowest BCUT2D eigenvalue weighted by atomic mass is 10.1. The molecular weight excluding hydrogens is 622 g/mol. The van der Waals surface area contributed by atoms with Crippen LogP contribution in [-0.4, -0.2) is 93.1 Å². The number of nitrogens with one attached hydrogen (secondary N) is 4. The van der Waals surface area contributed by atoms with E-state index in [2.05, 4.69) is 21.3 Å². The van der Waals surface area contributed by atoms with E-state index in [4.69, 9.17) is 26.2 Å². The Morgan fingerprint density at radius 1 is 0.553 bits per heavy atom.